The molecule has 1 N–H and O–H groups in total. The zero-order chi connectivity index (χ0) is 20.2. The molecular formula is C19H22Cl2N2O3S. The Hall–Kier alpha value is -1.76. The van der Waals surface area contributed by atoms with Gasteiger partial charge in [-0.1, -0.05) is 60.5 Å². The third-order valence-corrected chi connectivity index (χ3v) is 5.97. The summed E-state index contributed by atoms with van der Waals surface area (Å²) in [5.41, 5.74) is 1.26. The molecule has 5 nitrogen and oxygen atoms in total. The third kappa shape index (κ3) is 5.61. The van der Waals surface area contributed by atoms with E-state index in [0.717, 1.165) is 16.1 Å². The Bertz CT molecular complexity index is 904. The molecule has 2 atom stereocenters. The van der Waals surface area contributed by atoms with Crippen LogP contribution in [0.4, 0.5) is 5.69 Å². The lowest BCUT2D eigenvalue weighted by Gasteiger charge is -2.29. The van der Waals surface area contributed by atoms with Gasteiger partial charge in [-0.3, -0.25) is 9.10 Å². The van der Waals surface area contributed by atoms with Crippen LogP contribution in [-0.4, -0.2) is 33.2 Å². The Balaban J connectivity index is 2.19. The average Bonchev–Trinajstić information content (AvgIpc) is 2.62. The van der Waals surface area contributed by atoms with E-state index in [4.69, 9.17) is 23.2 Å². The van der Waals surface area contributed by atoms with Gasteiger partial charge in [-0.25, -0.2) is 8.42 Å². The van der Waals surface area contributed by atoms with Crippen molar-refractivity contribution in [1.29, 1.82) is 0 Å². The summed E-state index contributed by atoms with van der Waals surface area (Å²) in [6.07, 6.45) is 1.03. The van der Waals surface area contributed by atoms with Gasteiger partial charge in [0.2, 0.25) is 15.9 Å². The highest BCUT2D eigenvalue weighted by molar-refractivity contribution is 7.92. The van der Waals surface area contributed by atoms with E-state index in [-0.39, 0.29) is 16.6 Å². The van der Waals surface area contributed by atoms with Gasteiger partial charge in [-0.05, 0) is 36.6 Å². The topological polar surface area (TPSA) is 66.5 Å². The van der Waals surface area contributed by atoms with Crippen molar-refractivity contribution in [2.75, 3.05) is 17.1 Å². The number of benzene rings is 2. The number of sulfonamides is 1. The minimum absolute atomic E-state index is 0.0868. The Morgan fingerprint density at radius 3 is 2.33 bits per heavy atom. The highest BCUT2D eigenvalue weighted by Crippen LogP contribution is 2.32. The number of nitrogens with zero attached hydrogens (tertiary/aromatic N) is 1. The number of carbonyl (C=O) groups excluding carboxylic acids is 1. The molecule has 0 unspecified atom stereocenters. The summed E-state index contributed by atoms with van der Waals surface area (Å²) >= 11 is 12.1. The van der Waals surface area contributed by atoms with Crippen LogP contribution in [0.3, 0.4) is 0 Å². The molecule has 146 valence electrons. The van der Waals surface area contributed by atoms with Crippen LogP contribution in [0.1, 0.15) is 25.3 Å². The lowest BCUT2D eigenvalue weighted by Crippen LogP contribution is -2.48. The van der Waals surface area contributed by atoms with Crippen LogP contribution in [0.5, 0.6) is 0 Å². The zero-order valence-corrected chi connectivity index (χ0v) is 17.6. The summed E-state index contributed by atoms with van der Waals surface area (Å²) in [4.78, 5) is 12.6. The number of halogens is 2. The average molecular weight is 429 g/mol. The maximum atomic E-state index is 12.6. The number of carbonyl (C=O) groups is 1. The second-order valence-electron chi connectivity index (χ2n) is 6.39. The quantitative estimate of drug-likeness (QED) is 0.722. The molecule has 2 aromatic carbocycles. The fourth-order valence-corrected chi connectivity index (χ4v) is 4.34. The van der Waals surface area contributed by atoms with Crippen molar-refractivity contribution in [3.63, 3.8) is 0 Å². The molecule has 0 aliphatic heterocycles. The summed E-state index contributed by atoms with van der Waals surface area (Å²) in [5.74, 6) is -0.331. The SMILES string of the molecule is C[C@H](C(=O)NC[C@H](C)c1ccccc1)N(c1cc(Cl)ccc1Cl)S(C)(=O)=O. The van der Waals surface area contributed by atoms with Gasteiger partial charge >= 0.3 is 0 Å². The number of amides is 1. The van der Waals surface area contributed by atoms with Crippen LogP contribution < -0.4 is 9.62 Å². The van der Waals surface area contributed by atoms with Gasteiger partial charge in [0.1, 0.15) is 6.04 Å². The normalized spacial score (nSPS) is 13.7. The first-order chi connectivity index (χ1) is 12.6. The molecule has 0 bridgehead atoms. The number of rotatable bonds is 7. The van der Waals surface area contributed by atoms with E-state index in [1.165, 1.54) is 19.1 Å². The lowest BCUT2D eigenvalue weighted by molar-refractivity contribution is -0.121. The monoisotopic (exact) mass is 428 g/mol. The molecule has 8 heteroatoms. The molecule has 0 saturated heterocycles. The van der Waals surface area contributed by atoms with E-state index < -0.39 is 22.0 Å². The minimum atomic E-state index is -3.76. The number of anilines is 1. The van der Waals surface area contributed by atoms with Crippen molar-refractivity contribution in [2.24, 2.45) is 0 Å². The highest BCUT2D eigenvalue weighted by Gasteiger charge is 2.30. The van der Waals surface area contributed by atoms with Crippen molar-refractivity contribution < 1.29 is 13.2 Å². The Morgan fingerprint density at radius 1 is 1.11 bits per heavy atom. The van der Waals surface area contributed by atoms with Crippen molar-refractivity contribution >= 4 is 44.8 Å². The Kier molecular flexibility index (Phi) is 7.14. The van der Waals surface area contributed by atoms with Gasteiger partial charge in [0.05, 0.1) is 17.0 Å². The summed E-state index contributed by atoms with van der Waals surface area (Å²) < 4.78 is 25.7. The zero-order valence-electron chi connectivity index (χ0n) is 15.3. The molecule has 2 rings (SSSR count). The van der Waals surface area contributed by atoms with Crippen LogP contribution in [0, 0.1) is 0 Å². The second kappa shape index (κ2) is 8.95. The standard InChI is InChI=1S/C19H22Cl2N2O3S/c1-13(15-7-5-4-6-8-15)12-22-19(24)14(2)23(27(3,25)26)18-11-16(20)9-10-17(18)21/h4-11,13-14H,12H2,1-3H3,(H,22,24)/t13-,14+/m0/s1. The van der Waals surface area contributed by atoms with Gasteiger partial charge in [-0.15, -0.1) is 0 Å². The van der Waals surface area contributed by atoms with Crippen molar-refractivity contribution in [2.45, 2.75) is 25.8 Å². The molecule has 2 aromatic rings. The Morgan fingerprint density at radius 2 is 1.74 bits per heavy atom. The molecule has 0 radical (unpaired) electrons. The molecule has 0 aliphatic rings. The Labute approximate surface area is 170 Å². The second-order valence-corrected chi connectivity index (χ2v) is 9.09. The first-order valence-corrected chi connectivity index (χ1v) is 11.0. The van der Waals surface area contributed by atoms with E-state index in [1.54, 1.807) is 6.07 Å². The van der Waals surface area contributed by atoms with Crippen LogP contribution in [-0.2, 0) is 14.8 Å². The summed E-state index contributed by atoms with van der Waals surface area (Å²) in [6, 6.07) is 13.3. The van der Waals surface area contributed by atoms with Crippen LogP contribution >= 0.6 is 23.2 Å². The van der Waals surface area contributed by atoms with Gasteiger partial charge in [0.25, 0.3) is 0 Å². The predicted molar refractivity (Wildman–Crippen MR) is 111 cm³/mol. The predicted octanol–water partition coefficient (Wildman–Crippen LogP) is 4.07. The van der Waals surface area contributed by atoms with Crippen molar-refractivity contribution in [1.82, 2.24) is 5.32 Å². The number of nitrogens with one attached hydrogen (secondary N) is 1. The number of hydrogen-bond donors (Lipinski definition) is 1. The summed E-state index contributed by atoms with van der Waals surface area (Å²) in [5, 5.41) is 3.34. The molecule has 0 fully saturated rings. The molecule has 0 heterocycles. The van der Waals surface area contributed by atoms with E-state index in [2.05, 4.69) is 5.32 Å². The highest BCUT2D eigenvalue weighted by atomic mass is 35.5. The molecule has 1 amide bonds. The minimum Gasteiger partial charge on any atom is -0.354 e. The largest absolute Gasteiger partial charge is 0.354 e. The van der Waals surface area contributed by atoms with Crippen LogP contribution in [0.15, 0.2) is 48.5 Å². The third-order valence-electron chi connectivity index (χ3n) is 4.19. The van der Waals surface area contributed by atoms with E-state index in [9.17, 15) is 13.2 Å². The first-order valence-electron chi connectivity index (χ1n) is 8.38. The van der Waals surface area contributed by atoms with E-state index in [1.807, 2.05) is 37.3 Å². The maximum absolute atomic E-state index is 12.6. The molecule has 27 heavy (non-hydrogen) atoms. The van der Waals surface area contributed by atoms with Crippen molar-refractivity contribution in [3.05, 3.63) is 64.1 Å². The van der Waals surface area contributed by atoms with Gasteiger partial charge in [-0.2, -0.15) is 0 Å². The molecule has 0 spiro atoms. The van der Waals surface area contributed by atoms with E-state index >= 15 is 0 Å². The maximum Gasteiger partial charge on any atom is 0.243 e. The van der Waals surface area contributed by atoms with Crippen LogP contribution in [0.25, 0.3) is 0 Å². The van der Waals surface area contributed by atoms with Crippen molar-refractivity contribution in [3.8, 4) is 0 Å². The summed E-state index contributed by atoms with van der Waals surface area (Å²) in [7, 11) is -3.76. The molecular weight excluding hydrogens is 407 g/mol. The van der Waals surface area contributed by atoms with Crippen LogP contribution in [0.2, 0.25) is 10.0 Å². The lowest BCUT2D eigenvalue weighted by atomic mass is 10.0. The fourth-order valence-electron chi connectivity index (χ4n) is 2.74. The number of hydrogen-bond acceptors (Lipinski definition) is 3. The fraction of sp³-hybridized carbons (Fsp3) is 0.316. The van der Waals surface area contributed by atoms with E-state index in [0.29, 0.717) is 11.6 Å². The van der Waals surface area contributed by atoms with Gasteiger partial charge in [0, 0.05) is 11.6 Å². The molecule has 0 aliphatic carbocycles. The van der Waals surface area contributed by atoms with Gasteiger partial charge in [0.15, 0.2) is 0 Å². The first kappa shape index (κ1) is 21.5. The summed E-state index contributed by atoms with van der Waals surface area (Å²) in [6.45, 7) is 3.89. The van der Waals surface area contributed by atoms with Gasteiger partial charge < -0.3 is 5.32 Å². The smallest absolute Gasteiger partial charge is 0.243 e. The molecule has 0 aromatic heterocycles. The molecule has 0 saturated carbocycles.